The summed E-state index contributed by atoms with van der Waals surface area (Å²) in [6.07, 6.45) is 0. The van der Waals surface area contributed by atoms with Gasteiger partial charge in [0, 0.05) is 13.6 Å². The average molecular weight is 299 g/mol. The maximum Gasteiger partial charge on any atom is 0.243 e. The fraction of sp³-hybridized carbons (Fsp3) is 0.462. The van der Waals surface area contributed by atoms with Crippen LogP contribution in [-0.4, -0.2) is 45.3 Å². The summed E-state index contributed by atoms with van der Waals surface area (Å²) in [5.41, 5.74) is 5.45. The van der Waals surface area contributed by atoms with Gasteiger partial charge < -0.3 is 11.1 Å². The molecule has 20 heavy (non-hydrogen) atoms. The summed E-state index contributed by atoms with van der Waals surface area (Å²) in [4.78, 5) is 11.9. The molecule has 0 fully saturated rings. The third-order valence-corrected chi connectivity index (χ3v) is 4.69. The van der Waals surface area contributed by atoms with E-state index in [-0.39, 0.29) is 23.3 Å². The summed E-state index contributed by atoms with van der Waals surface area (Å²) in [6, 6.07) is 8.02. The predicted molar refractivity (Wildman–Crippen MR) is 77.5 cm³/mol. The molecular formula is C13H21N3O3S. The van der Waals surface area contributed by atoms with E-state index < -0.39 is 10.0 Å². The van der Waals surface area contributed by atoms with Crippen molar-refractivity contribution in [2.24, 2.45) is 11.7 Å². The fourth-order valence-electron chi connectivity index (χ4n) is 1.49. The van der Waals surface area contributed by atoms with Gasteiger partial charge in [-0.1, -0.05) is 25.1 Å². The van der Waals surface area contributed by atoms with Crippen molar-refractivity contribution >= 4 is 15.9 Å². The van der Waals surface area contributed by atoms with Crippen molar-refractivity contribution in [2.45, 2.75) is 11.8 Å². The number of hydrogen-bond acceptors (Lipinski definition) is 4. The molecule has 112 valence electrons. The highest BCUT2D eigenvalue weighted by Gasteiger charge is 2.22. The molecule has 1 aromatic rings. The molecule has 0 aromatic heterocycles. The molecule has 0 saturated carbocycles. The number of benzene rings is 1. The van der Waals surface area contributed by atoms with Crippen LogP contribution in [0.3, 0.4) is 0 Å². The minimum Gasteiger partial charge on any atom is -0.355 e. The topological polar surface area (TPSA) is 92.5 Å². The molecule has 0 spiro atoms. The molecule has 0 aliphatic rings. The lowest BCUT2D eigenvalue weighted by Gasteiger charge is -2.17. The van der Waals surface area contributed by atoms with E-state index in [4.69, 9.17) is 5.73 Å². The molecule has 6 nitrogen and oxygen atoms in total. The Hall–Kier alpha value is -1.44. The first-order valence-corrected chi connectivity index (χ1v) is 7.80. The monoisotopic (exact) mass is 299 g/mol. The fourth-order valence-corrected chi connectivity index (χ4v) is 2.64. The Kier molecular flexibility index (Phi) is 6.12. The zero-order chi connectivity index (χ0) is 15.2. The highest BCUT2D eigenvalue weighted by molar-refractivity contribution is 7.89. The molecule has 1 atom stereocenters. The number of sulfonamides is 1. The van der Waals surface area contributed by atoms with Crippen molar-refractivity contribution in [2.75, 3.05) is 26.7 Å². The van der Waals surface area contributed by atoms with Gasteiger partial charge in [-0.3, -0.25) is 4.79 Å². The van der Waals surface area contributed by atoms with Gasteiger partial charge in [0.1, 0.15) is 0 Å². The van der Waals surface area contributed by atoms with Crippen LogP contribution in [0.15, 0.2) is 35.2 Å². The second-order valence-electron chi connectivity index (χ2n) is 4.72. The Morgan fingerprint density at radius 1 is 1.35 bits per heavy atom. The van der Waals surface area contributed by atoms with Crippen molar-refractivity contribution in [1.29, 1.82) is 0 Å². The normalized spacial score (nSPS) is 13.2. The third-order valence-electron chi connectivity index (χ3n) is 2.87. The van der Waals surface area contributed by atoms with E-state index in [2.05, 4.69) is 5.32 Å². The van der Waals surface area contributed by atoms with E-state index in [0.717, 1.165) is 4.31 Å². The summed E-state index contributed by atoms with van der Waals surface area (Å²) in [5.74, 6) is -0.178. The zero-order valence-corrected chi connectivity index (χ0v) is 12.6. The van der Waals surface area contributed by atoms with Crippen molar-refractivity contribution in [3.63, 3.8) is 0 Å². The molecule has 0 aliphatic heterocycles. The summed E-state index contributed by atoms with van der Waals surface area (Å²) in [7, 11) is -2.25. The van der Waals surface area contributed by atoms with E-state index in [1.165, 1.54) is 19.2 Å². The Morgan fingerprint density at radius 2 is 1.95 bits per heavy atom. The Bertz CT molecular complexity index is 531. The van der Waals surface area contributed by atoms with Crippen molar-refractivity contribution in [3.05, 3.63) is 30.3 Å². The van der Waals surface area contributed by atoms with Gasteiger partial charge in [-0.2, -0.15) is 4.31 Å². The predicted octanol–water partition coefficient (Wildman–Crippen LogP) is 0.0181. The van der Waals surface area contributed by atoms with Crippen LogP contribution in [0.5, 0.6) is 0 Å². The second kappa shape index (κ2) is 7.37. The lowest BCUT2D eigenvalue weighted by atomic mass is 10.2. The number of nitrogens with zero attached hydrogens (tertiary/aromatic N) is 1. The number of hydrogen-bond donors (Lipinski definition) is 2. The van der Waals surface area contributed by atoms with E-state index in [9.17, 15) is 13.2 Å². The van der Waals surface area contributed by atoms with Gasteiger partial charge in [0.15, 0.2) is 0 Å². The third kappa shape index (κ3) is 4.59. The maximum absolute atomic E-state index is 12.2. The minimum atomic E-state index is -3.63. The minimum absolute atomic E-state index is 0.162. The summed E-state index contributed by atoms with van der Waals surface area (Å²) >= 11 is 0. The van der Waals surface area contributed by atoms with Crippen LogP contribution in [0.1, 0.15) is 6.92 Å². The van der Waals surface area contributed by atoms with E-state index in [1.54, 1.807) is 18.2 Å². The SMILES string of the molecule is CC(CN)CNC(=O)CN(C)S(=O)(=O)c1ccccc1. The lowest BCUT2D eigenvalue weighted by Crippen LogP contribution is -2.40. The first-order valence-electron chi connectivity index (χ1n) is 6.36. The lowest BCUT2D eigenvalue weighted by molar-refractivity contribution is -0.121. The van der Waals surface area contributed by atoms with Gasteiger partial charge in [-0.05, 0) is 24.6 Å². The maximum atomic E-state index is 12.2. The van der Waals surface area contributed by atoms with Gasteiger partial charge in [0.25, 0.3) is 0 Å². The number of likely N-dealkylation sites (N-methyl/N-ethyl adjacent to an activating group) is 1. The average Bonchev–Trinajstić information content (AvgIpc) is 2.45. The molecule has 0 aliphatic carbocycles. The number of nitrogens with one attached hydrogen (secondary N) is 1. The van der Waals surface area contributed by atoms with E-state index >= 15 is 0 Å². The van der Waals surface area contributed by atoms with Crippen molar-refractivity contribution in [3.8, 4) is 0 Å². The van der Waals surface area contributed by atoms with Crippen LogP contribution < -0.4 is 11.1 Å². The number of amides is 1. The highest BCUT2D eigenvalue weighted by atomic mass is 32.2. The number of carbonyl (C=O) groups is 1. The molecule has 0 heterocycles. The Morgan fingerprint density at radius 3 is 2.50 bits per heavy atom. The van der Waals surface area contributed by atoms with Gasteiger partial charge in [-0.15, -0.1) is 0 Å². The molecule has 1 amide bonds. The van der Waals surface area contributed by atoms with Crippen molar-refractivity contribution < 1.29 is 13.2 Å². The Balaban J connectivity index is 2.62. The van der Waals surface area contributed by atoms with Gasteiger partial charge in [0.05, 0.1) is 11.4 Å². The van der Waals surface area contributed by atoms with Crippen LogP contribution in [-0.2, 0) is 14.8 Å². The summed E-state index contributed by atoms with van der Waals surface area (Å²) in [5, 5.41) is 2.66. The summed E-state index contributed by atoms with van der Waals surface area (Å²) < 4.78 is 25.4. The van der Waals surface area contributed by atoms with Gasteiger partial charge in [0.2, 0.25) is 15.9 Å². The molecule has 1 unspecified atom stereocenters. The van der Waals surface area contributed by atoms with E-state index in [1.807, 2.05) is 6.92 Å². The highest BCUT2D eigenvalue weighted by Crippen LogP contribution is 2.12. The molecular weight excluding hydrogens is 278 g/mol. The smallest absolute Gasteiger partial charge is 0.243 e. The van der Waals surface area contributed by atoms with Crippen LogP contribution in [0.25, 0.3) is 0 Å². The number of nitrogens with two attached hydrogens (primary N) is 1. The van der Waals surface area contributed by atoms with Crippen molar-refractivity contribution in [1.82, 2.24) is 9.62 Å². The molecule has 0 bridgehead atoms. The molecule has 7 heteroatoms. The van der Waals surface area contributed by atoms with Crippen LogP contribution in [0.4, 0.5) is 0 Å². The number of rotatable bonds is 7. The molecule has 0 radical (unpaired) electrons. The van der Waals surface area contributed by atoms with Crippen LogP contribution in [0, 0.1) is 5.92 Å². The van der Waals surface area contributed by atoms with Gasteiger partial charge >= 0.3 is 0 Å². The number of carbonyl (C=O) groups excluding carboxylic acids is 1. The molecule has 0 saturated heterocycles. The quantitative estimate of drug-likeness (QED) is 0.742. The second-order valence-corrected chi connectivity index (χ2v) is 6.76. The Labute approximate surface area is 120 Å². The zero-order valence-electron chi connectivity index (χ0n) is 11.7. The first-order chi connectivity index (χ1) is 9.37. The van der Waals surface area contributed by atoms with E-state index in [0.29, 0.717) is 13.1 Å². The first kappa shape index (κ1) is 16.6. The molecule has 3 N–H and O–H groups in total. The molecule has 1 aromatic carbocycles. The van der Waals surface area contributed by atoms with Gasteiger partial charge in [-0.25, -0.2) is 8.42 Å². The standard InChI is InChI=1S/C13H21N3O3S/c1-11(8-14)9-15-13(17)10-16(2)20(18,19)12-6-4-3-5-7-12/h3-7,11H,8-10,14H2,1-2H3,(H,15,17). The molecule has 1 rings (SSSR count). The summed E-state index contributed by atoms with van der Waals surface area (Å²) in [6.45, 7) is 2.60. The van der Waals surface area contributed by atoms with Crippen LogP contribution >= 0.6 is 0 Å². The largest absolute Gasteiger partial charge is 0.355 e. The van der Waals surface area contributed by atoms with Crippen LogP contribution in [0.2, 0.25) is 0 Å².